The molecule has 0 saturated carbocycles. The Labute approximate surface area is 191 Å². The first-order chi connectivity index (χ1) is 15.6. The van der Waals surface area contributed by atoms with E-state index in [1.54, 1.807) is 48.2 Å². The second kappa shape index (κ2) is 9.83. The zero-order valence-electron chi connectivity index (χ0n) is 17.7. The number of para-hydroxylation sites is 1. The summed E-state index contributed by atoms with van der Waals surface area (Å²) in [5, 5.41) is 0. The molecule has 0 aliphatic carbocycles. The average Bonchev–Trinajstić information content (AvgIpc) is 3.07. The Balaban J connectivity index is 1.59. The summed E-state index contributed by atoms with van der Waals surface area (Å²) in [5.74, 6) is -0.461. The minimum absolute atomic E-state index is 0.323. The molecule has 0 spiro atoms. The van der Waals surface area contributed by atoms with Crippen molar-refractivity contribution in [2.45, 2.75) is 18.9 Å². The van der Waals surface area contributed by atoms with E-state index in [0.717, 1.165) is 16.0 Å². The van der Waals surface area contributed by atoms with Crippen LogP contribution in [0.4, 0.5) is 0 Å². The van der Waals surface area contributed by atoms with Gasteiger partial charge in [-0.3, -0.25) is 14.5 Å². The van der Waals surface area contributed by atoms with Gasteiger partial charge in [-0.1, -0.05) is 60.7 Å². The number of nitrogens with zero attached hydrogens (tertiary/aromatic N) is 1. The van der Waals surface area contributed by atoms with Crippen molar-refractivity contribution in [1.82, 2.24) is 4.90 Å². The van der Waals surface area contributed by atoms with Crippen LogP contribution < -0.4 is 4.74 Å². The number of amides is 2. The molecule has 0 N–H and O–H groups in total. The van der Waals surface area contributed by atoms with Gasteiger partial charge in [0.2, 0.25) is 0 Å². The number of fused-ring (bicyclic) bond motifs is 1. The highest BCUT2D eigenvalue weighted by atomic mass is 32.2. The summed E-state index contributed by atoms with van der Waals surface area (Å²) in [5.41, 5.74) is 2.60. The molecule has 32 heavy (non-hydrogen) atoms. The molecule has 1 aliphatic rings. The number of hydrogen-bond donors (Lipinski definition) is 0. The minimum Gasteiger partial charge on any atom is -0.425 e. The fraction of sp³-hybridized carbons (Fsp3) is 0.192. The molecular formula is C26H23NO4S. The Bertz CT molecular complexity index is 1110. The molecule has 0 aromatic heterocycles. The van der Waals surface area contributed by atoms with Crippen molar-refractivity contribution in [3.63, 3.8) is 0 Å². The molecule has 6 heteroatoms. The first kappa shape index (κ1) is 21.8. The Hall–Kier alpha value is -3.38. The lowest BCUT2D eigenvalue weighted by Crippen LogP contribution is -2.47. The zero-order valence-corrected chi connectivity index (χ0v) is 18.5. The maximum atomic E-state index is 13.3. The van der Waals surface area contributed by atoms with Gasteiger partial charge in [0, 0.05) is 6.42 Å². The van der Waals surface area contributed by atoms with Crippen LogP contribution in [0.5, 0.6) is 5.75 Å². The lowest BCUT2D eigenvalue weighted by atomic mass is 10.0. The number of imide groups is 1. The Kier molecular flexibility index (Phi) is 6.71. The second-order valence-electron chi connectivity index (χ2n) is 7.51. The molecule has 1 aliphatic heterocycles. The average molecular weight is 446 g/mol. The van der Waals surface area contributed by atoms with Gasteiger partial charge in [0.25, 0.3) is 11.8 Å². The summed E-state index contributed by atoms with van der Waals surface area (Å²) in [4.78, 5) is 40.3. The SMILES string of the molecule is CSCC[C@H](C(=O)Oc1ccccc1Cc1ccccc1)N1C(=O)c2ccccc2C1=O. The molecule has 0 unspecified atom stereocenters. The van der Waals surface area contributed by atoms with Crippen LogP contribution in [0, 0.1) is 0 Å². The molecule has 0 bridgehead atoms. The van der Waals surface area contributed by atoms with E-state index in [4.69, 9.17) is 4.74 Å². The first-order valence-electron chi connectivity index (χ1n) is 10.4. The van der Waals surface area contributed by atoms with E-state index in [0.29, 0.717) is 35.5 Å². The maximum Gasteiger partial charge on any atom is 0.334 e. The first-order valence-corrected chi connectivity index (χ1v) is 11.8. The number of rotatable bonds is 8. The molecule has 4 rings (SSSR count). The van der Waals surface area contributed by atoms with Gasteiger partial charge in [0.1, 0.15) is 11.8 Å². The quantitative estimate of drug-likeness (QED) is 0.288. The highest BCUT2D eigenvalue weighted by molar-refractivity contribution is 7.98. The largest absolute Gasteiger partial charge is 0.425 e. The summed E-state index contributed by atoms with van der Waals surface area (Å²) < 4.78 is 5.79. The topological polar surface area (TPSA) is 63.7 Å². The van der Waals surface area contributed by atoms with Crippen LogP contribution >= 0.6 is 11.8 Å². The van der Waals surface area contributed by atoms with E-state index in [9.17, 15) is 14.4 Å². The van der Waals surface area contributed by atoms with E-state index in [2.05, 4.69) is 0 Å². The van der Waals surface area contributed by atoms with Crippen molar-refractivity contribution < 1.29 is 19.1 Å². The Morgan fingerprint density at radius 3 is 2.12 bits per heavy atom. The van der Waals surface area contributed by atoms with Gasteiger partial charge in [0.05, 0.1) is 11.1 Å². The van der Waals surface area contributed by atoms with Crippen molar-refractivity contribution in [2.24, 2.45) is 0 Å². The van der Waals surface area contributed by atoms with Gasteiger partial charge in [-0.2, -0.15) is 11.8 Å². The van der Waals surface area contributed by atoms with Gasteiger partial charge >= 0.3 is 5.97 Å². The second-order valence-corrected chi connectivity index (χ2v) is 8.50. The lowest BCUT2D eigenvalue weighted by Gasteiger charge is -2.24. The van der Waals surface area contributed by atoms with Crippen LogP contribution in [-0.4, -0.2) is 40.7 Å². The van der Waals surface area contributed by atoms with Gasteiger partial charge < -0.3 is 4.74 Å². The maximum absolute atomic E-state index is 13.3. The molecule has 0 fully saturated rings. The predicted octanol–water partition coefficient (Wildman–Crippen LogP) is 4.60. The summed E-state index contributed by atoms with van der Waals surface area (Å²) in [6, 6.07) is 22.9. The minimum atomic E-state index is -0.986. The molecule has 0 radical (unpaired) electrons. The number of carbonyl (C=O) groups is 3. The molecule has 3 aromatic rings. The van der Waals surface area contributed by atoms with Crippen LogP contribution in [0.15, 0.2) is 78.9 Å². The van der Waals surface area contributed by atoms with Crippen molar-refractivity contribution in [2.75, 3.05) is 12.0 Å². The number of carbonyl (C=O) groups excluding carboxylic acids is 3. The van der Waals surface area contributed by atoms with Crippen LogP contribution in [0.2, 0.25) is 0 Å². The van der Waals surface area contributed by atoms with Crippen molar-refractivity contribution in [3.05, 3.63) is 101 Å². The third-order valence-corrected chi connectivity index (χ3v) is 6.07. The fourth-order valence-electron chi connectivity index (χ4n) is 3.81. The number of ether oxygens (including phenoxy) is 1. The van der Waals surface area contributed by atoms with E-state index < -0.39 is 23.8 Å². The number of esters is 1. The molecule has 2 amide bonds. The third-order valence-electron chi connectivity index (χ3n) is 5.43. The van der Waals surface area contributed by atoms with Crippen molar-refractivity contribution >= 4 is 29.5 Å². The zero-order chi connectivity index (χ0) is 22.5. The van der Waals surface area contributed by atoms with Crippen LogP contribution in [0.1, 0.15) is 38.3 Å². The monoisotopic (exact) mass is 445 g/mol. The molecule has 1 heterocycles. The molecule has 5 nitrogen and oxygen atoms in total. The molecule has 162 valence electrons. The van der Waals surface area contributed by atoms with Crippen molar-refractivity contribution in [3.8, 4) is 5.75 Å². The predicted molar refractivity (Wildman–Crippen MR) is 125 cm³/mol. The van der Waals surface area contributed by atoms with E-state index in [1.807, 2.05) is 48.7 Å². The standard InChI is InChI=1S/C26H23NO4S/c1-32-16-15-22(27-24(28)20-12-6-7-13-21(20)25(27)29)26(30)31-23-14-8-5-11-19(23)17-18-9-3-2-4-10-18/h2-14,22H,15-17H2,1H3/t22-/m1/s1. The van der Waals surface area contributed by atoms with Crippen LogP contribution in [0.25, 0.3) is 0 Å². The smallest absolute Gasteiger partial charge is 0.334 e. The normalized spacial score (nSPS) is 13.7. The van der Waals surface area contributed by atoms with Gasteiger partial charge in [-0.25, -0.2) is 4.79 Å². The molecule has 1 atom stereocenters. The van der Waals surface area contributed by atoms with E-state index in [-0.39, 0.29) is 0 Å². The molecular weight excluding hydrogens is 422 g/mol. The Morgan fingerprint density at radius 1 is 0.875 bits per heavy atom. The summed E-state index contributed by atoms with van der Waals surface area (Å²) in [6.45, 7) is 0. The highest BCUT2D eigenvalue weighted by Gasteiger charge is 2.43. The summed E-state index contributed by atoms with van der Waals surface area (Å²) in [7, 11) is 0. The summed E-state index contributed by atoms with van der Waals surface area (Å²) in [6.07, 6.45) is 2.85. The van der Waals surface area contributed by atoms with Gasteiger partial charge in [-0.15, -0.1) is 0 Å². The number of thioether (sulfide) groups is 1. The Morgan fingerprint density at radius 2 is 1.47 bits per heavy atom. The third kappa shape index (κ3) is 4.46. The number of hydrogen-bond acceptors (Lipinski definition) is 5. The highest BCUT2D eigenvalue weighted by Crippen LogP contribution is 2.28. The number of benzene rings is 3. The summed E-state index contributed by atoms with van der Waals surface area (Å²) >= 11 is 1.55. The van der Waals surface area contributed by atoms with Crippen LogP contribution in [0.3, 0.4) is 0 Å². The van der Waals surface area contributed by atoms with E-state index >= 15 is 0 Å². The van der Waals surface area contributed by atoms with E-state index in [1.165, 1.54) is 0 Å². The fourth-order valence-corrected chi connectivity index (χ4v) is 4.27. The van der Waals surface area contributed by atoms with Crippen molar-refractivity contribution in [1.29, 1.82) is 0 Å². The van der Waals surface area contributed by atoms with Crippen LogP contribution in [-0.2, 0) is 11.2 Å². The lowest BCUT2D eigenvalue weighted by molar-refractivity contribution is -0.138. The van der Waals surface area contributed by atoms with Gasteiger partial charge in [0.15, 0.2) is 0 Å². The van der Waals surface area contributed by atoms with Gasteiger partial charge in [-0.05, 0) is 47.8 Å². The molecule has 0 saturated heterocycles. The molecule has 3 aromatic carbocycles.